The van der Waals surface area contributed by atoms with E-state index >= 15 is 0 Å². The summed E-state index contributed by atoms with van der Waals surface area (Å²) in [5.41, 5.74) is 2.64. The van der Waals surface area contributed by atoms with Crippen molar-refractivity contribution in [3.8, 4) is 0 Å². The molecule has 1 aromatic heterocycles. The van der Waals surface area contributed by atoms with Crippen molar-refractivity contribution in [3.63, 3.8) is 0 Å². The zero-order chi connectivity index (χ0) is 11.0. The van der Waals surface area contributed by atoms with Gasteiger partial charge < -0.3 is 10.3 Å². The first-order valence-corrected chi connectivity index (χ1v) is 5.94. The Morgan fingerprint density at radius 1 is 1.38 bits per heavy atom. The van der Waals surface area contributed by atoms with E-state index in [1.54, 1.807) is 0 Å². The number of para-hydroxylation sites is 2. The average molecular weight is 215 g/mol. The fourth-order valence-electron chi connectivity index (χ4n) is 2.26. The van der Waals surface area contributed by atoms with Crippen LogP contribution in [0.5, 0.6) is 0 Å². The Kier molecular flexibility index (Phi) is 2.21. The largest absolute Gasteiger partial charge is 0.342 e. The van der Waals surface area contributed by atoms with Crippen LogP contribution >= 0.6 is 0 Å². The van der Waals surface area contributed by atoms with E-state index in [4.69, 9.17) is 0 Å². The highest BCUT2D eigenvalue weighted by atomic mass is 15.0. The number of hydrogen-bond acceptors (Lipinski definition) is 2. The van der Waals surface area contributed by atoms with Gasteiger partial charge in [-0.25, -0.2) is 4.98 Å². The van der Waals surface area contributed by atoms with E-state index in [0.717, 1.165) is 23.3 Å². The van der Waals surface area contributed by atoms with Gasteiger partial charge in [-0.1, -0.05) is 12.1 Å². The van der Waals surface area contributed by atoms with Gasteiger partial charge in [0.2, 0.25) is 0 Å². The second-order valence-electron chi connectivity index (χ2n) is 4.73. The van der Waals surface area contributed by atoms with E-state index in [-0.39, 0.29) is 0 Å². The molecule has 16 heavy (non-hydrogen) atoms. The lowest BCUT2D eigenvalue weighted by molar-refractivity contribution is 0.504. The molecule has 1 aliphatic carbocycles. The molecular formula is C13H17N3. The zero-order valence-electron chi connectivity index (χ0n) is 9.59. The van der Waals surface area contributed by atoms with Gasteiger partial charge >= 0.3 is 0 Å². The predicted molar refractivity (Wildman–Crippen MR) is 65.4 cm³/mol. The molecule has 1 fully saturated rings. The number of H-pyrrole nitrogens is 1. The molecule has 0 aliphatic heterocycles. The monoisotopic (exact) mass is 215 g/mol. The fourth-order valence-corrected chi connectivity index (χ4v) is 2.26. The molecule has 3 rings (SSSR count). The summed E-state index contributed by atoms with van der Waals surface area (Å²) in [7, 11) is 2.06. The summed E-state index contributed by atoms with van der Waals surface area (Å²) < 4.78 is 0. The number of aromatic nitrogens is 2. The third-order valence-electron chi connectivity index (χ3n) is 3.66. The summed E-state index contributed by atoms with van der Waals surface area (Å²) in [6, 6.07) is 8.21. The summed E-state index contributed by atoms with van der Waals surface area (Å²) in [5.74, 6) is 1.11. The molecular weight excluding hydrogens is 198 g/mol. The van der Waals surface area contributed by atoms with Gasteiger partial charge in [-0.05, 0) is 38.4 Å². The number of rotatable bonds is 4. The summed E-state index contributed by atoms with van der Waals surface area (Å²) in [6.07, 6.45) is 4.84. The number of aromatic amines is 1. The van der Waals surface area contributed by atoms with Crippen LogP contribution < -0.4 is 5.32 Å². The minimum atomic E-state index is 0.416. The first kappa shape index (κ1) is 9.85. The van der Waals surface area contributed by atoms with Crippen LogP contribution in [0.3, 0.4) is 0 Å². The maximum Gasteiger partial charge on any atom is 0.107 e. The van der Waals surface area contributed by atoms with Crippen LogP contribution in [0.1, 0.15) is 25.1 Å². The van der Waals surface area contributed by atoms with Crippen LogP contribution in [0.4, 0.5) is 0 Å². The van der Waals surface area contributed by atoms with Crippen molar-refractivity contribution < 1.29 is 0 Å². The minimum Gasteiger partial charge on any atom is -0.342 e. The van der Waals surface area contributed by atoms with Crippen molar-refractivity contribution in [2.24, 2.45) is 0 Å². The van der Waals surface area contributed by atoms with Crippen molar-refractivity contribution in [1.29, 1.82) is 0 Å². The number of nitrogens with one attached hydrogen (secondary N) is 2. The predicted octanol–water partition coefficient (Wildman–Crippen LogP) is 2.25. The van der Waals surface area contributed by atoms with Gasteiger partial charge in [0.1, 0.15) is 5.82 Å². The number of nitrogens with zero attached hydrogens (tertiary/aromatic N) is 1. The normalized spacial score (nSPS) is 17.8. The molecule has 3 nitrogen and oxygen atoms in total. The molecule has 1 heterocycles. The van der Waals surface area contributed by atoms with E-state index in [1.807, 2.05) is 12.1 Å². The Morgan fingerprint density at radius 3 is 2.88 bits per heavy atom. The topological polar surface area (TPSA) is 40.7 Å². The molecule has 84 valence electrons. The number of fused-ring (bicyclic) bond motifs is 1. The lowest BCUT2D eigenvalue weighted by Gasteiger charge is -2.11. The molecule has 0 radical (unpaired) electrons. The van der Waals surface area contributed by atoms with Gasteiger partial charge in [0.05, 0.1) is 11.0 Å². The highest BCUT2D eigenvalue weighted by Crippen LogP contribution is 2.38. The zero-order valence-corrected chi connectivity index (χ0v) is 9.59. The van der Waals surface area contributed by atoms with E-state index in [9.17, 15) is 0 Å². The van der Waals surface area contributed by atoms with Gasteiger partial charge in [0.25, 0.3) is 0 Å². The third kappa shape index (κ3) is 1.71. The summed E-state index contributed by atoms with van der Waals surface area (Å²) >= 11 is 0. The third-order valence-corrected chi connectivity index (χ3v) is 3.66. The van der Waals surface area contributed by atoms with Crippen molar-refractivity contribution in [2.45, 2.75) is 31.2 Å². The molecule has 0 atom stereocenters. The standard InChI is InChI=1S/C13H17N3/c1-14-13(8-9-13)7-6-12-15-10-4-2-3-5-11(10)16-12/h2-5,14H,6-9H2,1H3,(H,15,16). The smallest absolute Gasteiger partial charge is 0.107 e. The van der Waals surface area contributed by atoms with E-state index in [1.165, 1.54) is 19.3 Å². The lowest BCUT2D eigenvalue weighted by atomic mass is 10.1. The van der Waals surface area contributed by atoms with Crippen molar-refractivity contribution in [3.05, 3.63) is 30.1 Å². The van der Waals surface area contributed by atoms with Crippen LogP contribution in [0.25, 0.3) is 11.0 Å². The summed E-state index contributed by atoms with van der Waals surface area (Å²) in [5, 5.41) is 3.41. The van der Waals surface area contributed by atoms with E-state index < -0.39 is 0 Å². The van der Waals surface area contributed by atoms with Crippen molar-refractivity contribution in [2.75, 3.05) is 7.05 Å². The molecule has 0 spiro atoms. The first-order chi connectivity index (χ1) is 7.81. The fraction of sp³-hybridized carbons (Fsp3) is 0.462. The molecule has 1 saturated carbocycles. The second-order valence-corrected chi connectivity index (χ2v) is 4.73. The Hall–Kier alpha value is -1.35. The summed E-state index contributed by atoms with van der Waals surface area (Å²) in [6.45, 7) is 0. The molecule has 3 heteroatoms. The van der Waals surface area contributed by atoms with Crippen LogP contribution in [-0.4, -0.2) is 22.6 Å². The molecule has 0 bridgehead atoms. The minimum absolute atomic E-state index is 0.416. The molecule has 0 saturated heterocycles. The molecule has 2 aromatic rings. The lowest BCUT2D eigenvalue weighted by Crippen LogP contribution is -2.27. The Labute approximate surface area is 95.3 Å². The number of aryl methyl sites for hydroxylation is 1. The van der Waals surface area contributed by atoms with E-state index in [0.29, 0.717) is 5.54 Å². The quantitative estimate of drug-likeness (QED) is 0.821. The van der Waals surface area contributed by atoms with Gasteiger partial charge in [0.15, 0.2) is 0 Å². The molecule has 2 N–H and O–H groups in total. The highest BCUT2D eigenvalue weighted by Gasteiger charge is 2.40. The van der Waals surface area contributed by atoms with Crippen LogP contribution in [0.15, 0.2) is 24.3 Å². The maximum atomic E-state index is 4.59. The number of imidazole rings is 1. The van der Waals surface area contributed by atoms with Gasteiger partial charge in [-0.3, -0.25) is 0 Å². The average Bonchev–Trinajstić information content (AvgIpc) is 2.98. The van der Waals surface area contributed by atoms with Gasteiger partial charge in [-0.2, -0.15) is 0 Å². The van der Waals surface area contributed by atoms with Crippen LogP contribution in [0.2, 0.25) is 0 Å². The number of benzene rings is 1. The van der Waals surface area contributed by atoms with Crippen molar-refractivity contribution >= 4 is 11.0 Å². The summed E-state index contributed by atoms with van der Waals surface area (Å²) in [4.78, 5) is 7.98. The number of hydrogen-bond donors (Lipinski definition) is 2. The van der Waals surface area contributed by atoms with Crippen LogP contribution in [-0.2, 0) is 6.42 Å². The Bertz CT molecular complexity index is 464. The molecule has 1 aromatic carbocycles. The molecule has 0 amide bonds. The SMILES string of the molecule is CNC1(CCc2nc3ccccc3[nH]2)CC1. The van der Waals surface area contributed by atoms with Crippen LogP contribution in [0, 0.1) is 0 Å². The Morgan fingerprint density at radius 2 is 2.19 bits per heavy atom. The maximum absolute atomic E-state index is 4.59. The second kappa shape index (κ2) is 3.59. The van der Waals surface area contributed by atoms with Gasteiger partial charge in [0, 0.05) is 12.0 Å². The Balaban J connectivity index is 1.74. The molecule has 0 unspecified atom stereocenters. The van der Waals surface area contributed by atoms with E-state index in [2.05, 4.69) is 34.5 Å². The first-order valence-electron chi connectivity index (χ1n) is 5.94. The highest BCUT2D eigenvalue weighted by molar-refractivity contribution is 5.74. The van der Waals surface area contributed by atoms with Crippen molar-refractivity contribution in [1.82, 2.24) is 15.3 Å². The molecule has 1 aliphatic rings. The van der Waals surface area contributed by atoms with Gasteiger partial charge in [-0.15, -0.1) is 0 Å².